The fourth-order valence-corrected chi connectivity index (χ4v) is 8.33. The summed E-state index contributed by atoms with van der Waals surface area (Å²) in [5, 5.41) is 4.48. The van der Waals surface area contributed by atoms with Crippen molar-refractivity contribution in [2.24, 2.45) is 0 Å². The summed E-state index contributed by atoms with van der Waals surface area (Å²) in [4.78, 5) is 0. The summed E-state index contributed by atoms with van der Waals surface area (Å²) in [5.41, 5.74) is 0. The van der Waals surface area contributed by atoms with Crippen LogP contribution in [0, 0.1) is 0 Å². The summed E-state index contributed by atoms with van der Waals surface area (Å²) in [7, 11) is -1.62. The van der Waals surface area contributed by atoms with Gasteiger partial charge < -0.3 is 17.0 Å². The zero-order valence-electron chi connectivity index (χ0n) is 15.7. The van der Waals surface area contributed by atoms with Gasteiger partial charge in [0.05, 0.1) is 6.16 Å². The van der Waals surface area contributed by atoms with E-state index >= 15 is 0 Å². The molecule has 0 fully saturated rings. The Balaban J connectivity index is 0.00000261. The molecule has 0 aliphatic carbocycles. The van der Waals surface area contributed by atoms with Crippen LogP contribution in [0.25, 0.3) is 0 Å². The maximum atomic E-state index is 4.36. The molecule has 3 rings (SSSR count). The van der Waals surface area contributed by atoms with E-state index in [-0.39, 0.29) is 17.0 Å². The first kappa shape index (κ1) is 22.2. The third-order valence-electron chi connectivity index (χ3n) is 4.99. The van der Waals surface area contributed by atoms with Crippen molar-refractivity contribution in [3.8, 4) is 0 Å². The highest BCUT2D eigenvalue weighted by Crippen LogP contribution is 2.55. The van der Waals surface area contributed by atoms with Gasteiger partial charge in [0.1, 0.15) is 23.2 Å². The second-order valence-electron chi connectivity index (χ2n) is 6.68. The first-order valence-corrected chi connectivity index (χ1v) is 12.1. The summed E-state index contributed by atoms with van der Waals surface area (Å²) in [6.07, 6.45) is 6.28. The monoisotopic (exact) mass is 458 g/mol. The van der Waals surface area contributed by atoms with Gasteiger partial charge in [-0.05, 0) is 61.4 Å². The van der Waals surface area contributed by atoms with E-state index in [9.17, 15) is 0 Å². The van der Waals surface area contributed by atoms with Gasteiger partial charge in [-0.15, -0.1) is 0 Å². The van der Waals surface area contributed by atoms with Gasteiger partial charge in [-0.25, -0.2) is 0 Å². The molecule has 3 heteroatoms. The minimum atomic E-state index is -1.62. The summed E-state index contributed by atoms with van der Waals surface area (Å²) >= 11 is 4.36. The highest BCUT2D eigenvalue weighted by atomic mass is 79.9. The van der Waals surface area contributed by atoms with Gasteiger partial charge >= 0.3 is 0 Å². The number of benzene rings is 3. The molecule has 0 radical (unpaired) electrons. The molecule has 0 spiro atoms. The van der Waals surface area contributed by atoms with Crippen LogP contribution >= 0.6 is 19.9 Å². The van der Waals surface area contributed by atoms with Crippen molar-refractivity contribution in [3.05, 3.63) is 91.0 Å². The molecular formula is C24H28BrPS. The quantitative estimate of drug-likeness (QED) is 0.284. The third-order valence-corrected chi connectivity index (χ3v) is 9.83. The molecule has 0 bridgehead atoms. The maximum Gasteiger partial charge on any atom is 0.112 e. The van der Waals surface area contributed by atoms with Gasteiger partial charge in [-0.2, -0.15) is 12.6 Å². The van der Waals surface area contributed by atoms with Crippen LogP contribution < -0.4 is 32.9 Å². The van der Waals surface area contributed by atoms with Crippen LogP contribution in [0.5, 0.6) is 0 Å². The maximum absolute atomic E-state index is 4.36. The number of hydrogen-bond acceptors (Lipinski definition) is 1. The first-order valence-electron chi connectivity index (χ1n) is 9.54. The topological polar surface area (TPSA) is 0 Å². The largest absolute Gasteiger partial charge is 1.00 e. The predicted octanol–water partition coefficient (Wildman–Crippen LogP) is 2.47. The normalized spacial score (nSPS) is 11.0. The lowest BCUT2D eigenvalue weighted by Crippen LogP contribution is -3.00. The number of hydrogen-bond donors (Lipinski definition) is 1. The van der Waals surface area contributed by atoms with Crippen LogP contribution in [0.15, 0.2) is 91.0 Å². The lowest BCUT2D eigenvalue weighted by atomic mass is 10.2. The molecule has 142 valence electrons. The number of halogens is 1. The van der Waals surface area contributed by atoms with Crippen LogP contribution in [-0.2, 0) is 0 Å². The molecule has 0 aromatic heterocycles. The molecule has 0 N–H and O–H groups in total. The van der Waals surface area contributed by atoms with E-state index in [1.54, 1.807) is 0 Å². The predicted molar refractivity (Wildman–Crippen MR) is 122 cm³/mol. The Morgan fingerprint density at radius 1 is 0.519 bits per heavy atom. The van der Waals surface area contributed by atoms with E-state index in [1.165, 1.54) is 47.8 Å². The molecular weight excluding hydrogens is 431 g/mol. The van der Waals surface area contributed by atoms with E-state index < -0.39 is 7.26 Å². The Labute approximate surface area is 180 Å². The molecule has 3 aromatic carbocycles. The summed E-state index contributed by atoms with van der Waals surface area (Å²) < 4.78 is 0. The van der Waals surface area contributed by atoms with Gasteiger partial charge in [0, 0.05) is 0 Å². The van der Waals surface area contributed by atoms with Crippen LogP contribution in [0.3, 0.4) is 0 Å². The molecule has 3 aromatic rings. The highest BCUT2D eigenvalue weighted by molar-refractivity contribution is 7.95. The molecule has 0 aliphatic heterocycles. The minimum absolute atomic E-state index is 0. The van der Waals surface area contributed by atoms with Crippen LogP contribution in [0.1, 0.15) is 25.7 Å². The van der Waals surface area contributed by atoms with Crippen molar-refractivity contribution >= 4 is 35.8 Å². The second-order valence-corrected chi connectivity index (χ2v) is 10.7. The Hall–Kier alpha value is -1.08. The Bertz CT molecular complexity index is 665. The Morgan fingerprint density at radius 2 is 0.889 bits per heavy atom. The molecule has 0 amide bonds. The van der Waals surface area contributed by atoms with Crippen molar-refractivity contribution in [1.82, 2.24) is 0 Å². The van der Waals surface area contributed by atoms with E-state index in [2.05, 4.69) is 104 Å². The highest BCUT2D eigenvalue weighted by Gasteiger charge is 2.44. The standard InChI is InChI=1S/C24H27PS.BrH/c26-21-13-2-1-12-20-25(22-14-6-3-7-15-22,23-16-8-4-9-17-23)24-18-10-5-11-19-24;/h3-11,14-19H,1-2,12-13,20-21H2;1H. The summed E-state index contributed by atoms with van der Waals surface area (Å²) in [6, 6.07) is 33.5. The Morgan fingerprint density at radius 3 is 1.26 bits per heavy atom. The Kier molecular flexibility index (Phi) is 9.62. The molecule has 27 heavy (non-hydrogen) atoms. The van der Waals surface area contributed by atoms with Gasteiger partial charge in [-0.1, -0.05) is 61.0 Å². The SMILES string of the molecule is SCCCCCC[P+](c1ccccc1)(c1ccccc1)c1ccccc1.[Br-]. The number of thiol groups is 1. The molecule has 0 nitrogen and oxygen atoms in total. The van der Waals surface area contributed by atoms with Crippen molar-refractivity contribution in [1.29, 1.82) is 0 Å². The molecule has 0 heterocycles. The van der Waals surface area contributed by atoms with E-state index in [4.69, 9.17) is 0 Å². The first-order chi connectivity index (χ1) is 12.9. The lowest BCUT2D eigenvalue weighted by Gasteiger charge is -2.27. The smallest absolute Gasteiger partial charge is 0.112 e. The number of rotatable bonds is 9. The fourth-order valence-electron chi connectivity index (χ4n) is 3.70. The summed E-state index contributed by atoms with van der Waals surface area (Å²) in [5.74, 6) is 0.996. The van der Waals surface area contributed by atoms with E-state index in [0.29, 0.717) is 0 Å². The van der Waals surface area contributed by atoms with Crippen molar-refractivity contribution in [3.63, 3.8) is 0 Å². The molecule has 0 aliphatic rings. The second kappa shape index (κ2) is 11.7. The van der Waals surface area contributed by atoms with Crippen molar-refractivity contribution in [2.45, 2.75) is 25.7 Å². The molecule has 0 saturated carbocycles. The average Bonchev–Trinajstić information content (AvgIpc) is 2.73. The van der Waals surface area contributed by atoms with Gasteiger partial charge in [0.2, 0.25) is 0 Å². The van der Waals surface area contributed by atoms with Crippen LogP contribution in [0.2, 0.25) is 0 Å². The molecule has 0 saturated heterocycles. The third kappa shape index (κ3) is 5.47. The lowest BCUT2D eigenvalue weighted by molar-refractivity contribution is -0.00000503. The zero-order chi connectivity index (χ0) is 18.1. The molecule has 0 atom stereocenters. The van der Waals surface area contributed by atoms with Gasteiger partial charge in [0.15, 0.2) is 0 Å². The van der Waals surface area contributed by atoms with E-state index in [1.807, 2.05) is 0 Å². The van der Waals surface area contributed by atoms with Crippen molar-refractivity contribution in [2.75, 3.05) is 11.9 Å². The average molecular weight is 459 g/mol. The fraction of sp³-hybridized carbons (Fsp3) is 0.250. The van der Waals surface area contributed by atoms with Crippen LogP contribution in [0.4, 0.5) is 0 Å². The van der Waals surface area contributed by atoms with Gasteiger partial charge in [-0.3, -0.25) is 0 Å². The van der Waals surface area contributed by atoms with E-state index in [0.717, 1.165) is 5.75 Å². The summed E-state index contributed by atoms with van der Waals surface area (Å²) in [6.45, 7) is 0. The molecule has 0 unspecified atom stereocenters. The zero-order valence-corrected chi connectivity index (χ0v) is 19.1. The number of unbranched alkanes of at least 4 members (excludes halogenated alkanes) is 3. The van der Waals surface area contributed by atoms with Crippen molar-refractivity contribution < 1.29 is 17.0 Å². The van der Waals surface area contributed by atoms with Crippen LogP contribution in [-0.4, -0.2) is 11.9 Å². The minimum Gasteiger partial charge on any atom is -1.00 e. The van der Waals surface area contributed by atoms with Gasteiger partial charge in [0.25, 0.3) is 0 Å².